The molecule has 294 valence electrons. The number of halogens is 6. The highest BCUT2D eigenvalue weighted by atomic mass is 19.4. The van der Waals surface area contributed by atoms with Crippen molar-refractivity contribution in [2.45, 2.75) is 80.8 Å². The SMILES string of the molecule is N#CC[C@H]1CN(c2nc(OC[C@@]34CCCN3C[C@H](F)C4)nc3c(F)c(-c4cccc(F)c4C(F)(F)F)ncc23)CCN1C(O)/C=C/CN1[C@@H]2CC[C@H]1COC2. The molecule has 0 aliphatic carbocycles. The zero-order chi connectivity index (χ0) is 38.5. The van der Waals surface area contributed by atoms with Crippen molar-refractivity contribution >= 4 is 16.7 Å². The smallest absolute Gasteiger partial charge is 0.419 e. The Morgan fingerprint density at radius 1 is 1.11 bits per heavy atom. The van der Waals surface area contributed by atoms with E-state index in [0.717, 1.165) is 37.6 Å². The third-order valence-corrected chi connectivity index (χ3v) is 11.9. The van der Waals surface area contributed by atoms with Crippen molar-refractivity contribution in [1.29, 1.82) is 5.26 Å². The summed E-state index contributed by atoms with van der Waals surface area (Å²) in [4.78, 5) is 21.1. The average molecular weight is 773 g/mol. The van der Waals surface area contributed by atoms with E-state index in [1.807, 2.05) is 15.9 Å². The van der Waals surface area contributed by atoms with Gasteiger partial charge in [0.25, 0.3) is 0 Å². The zero-order valence-electron chi connectivity index (χ0n) is 30.1. The maximum Gasteiger partial charge on any atom is 0.419 e. The number of ether oxygens (including phenoxy) is 2. The van der Waals surface area contributed by atoms with Crippen molar-refractivity contribution < 1.29 is 40.9 Å². The molecule has 0 spiro atoms. The molecule has 17 heteroatoms. The second-order valence-electron chi connectivity index (χ2n) is 15.2. The van der Waals surface area contributed by atoms with E-state index < -0.39 is 64.1 Å². The van der Waals surface area contributed by atoms with Gasteiger partial charge in [-0.3, -0.25) is 19.7 Å². The second kappa shape index (κ2) is 15.1. The highest BCUT2D eigenvalue weighted by molar-refractivity contribution is 5.92. The first-order chi connectivity index (χ1) is 26.5. The Balaban J connectivity index is 1.11. The van der Waals surface area contributed by atoms with Crippen LogP contribution in [0, 0.1) is 23.0 Å². The lowest BCUT2D eigenvalue weighted by atomic mass is 9.95. The number of hydrogen-bond donors (Lipinski definition) is 1. The van der Waals surface area contributed by atoms with Crippen LogP contribution in [0.15, 0.2) is 36.5 Å². The number of aliphatic hydroxyl groups is 1. The van der Waals surface area contributed by atoms with Gasteiger partial charge in [-0.2, -0.15) is 28.4 Å². The van der Waals surface area contributed by atoms with Crippen molar-refractivity contribution in [2.75, 3.05) is 64.0 Å². The molecule has 5 fully saturated rings. The molecule has 55 heavy (non-hydrogen) atoms. The van der Waals surface area contributed by atoms with Crippen LogP contribution in [0.4, 0.5) is 32.2 Å². The molecule has 3 aromatic rings. The number of aliphatic hydroxyl groups excluding tert-OH is 1. The number of hydrogen-bond acceptors (Lipinski definition) is 11. The Hall–Kier alpha value is -4.08. The number of anilines is 1. The molecule has 0 saturated carbocycles. The summed E-state index contributed by atoms with van der Waals surface area (Å²) >= 11 is 0. The van der Waals surface area contributed by atoms with Crippen molar-refractivity contribution in [2.24, 2.45) is 0 Å². The standard InChI is InChI=1S/C38H42F6N8O3/c39-23-16-37(10-3-12-50(37)18-23)22-55-36-47-34-28(17-46-33(32(34)41)27-4-1-5-29(40)31(27)38(42,43)44)35(48-36)49-14-15-52(24(19-49)9-11-45)30(53)6-2-13-51-25-7-8-26(51)21-54-20-25/h1-2,4-6,17,23-26,30,53H,3,7-10,12-16,18-22H2/b6-2+/t23-,24+,25-,26+,30?,37+/m1/s1. The van der Waals surface area contributed by atoms with Crippen LogP contribution in [0.2, 0.25) is 0 Å². The van der Waals surface area contributed by atoms with Crippen LogP contribution in [0.25, 0.3) is 22.2 Å². The molecular weight excluding hydrogens is 730 g/mol. The summed E-state index contributed by atoms with van der Waals surface area (Å²) < 4.78 is 99.6. The number of rotatable bonds is 10. The van der Waals surface area contributed by atoms with Crippen molar-refractivity contribution in [3.05, 3.63) is 53.7 Å². The largest absolute Gasteiger partial charge is 0.461 e. The minimum atomic E-state index is -5.14. The van der Waals surface area contributed by atoms with Gasteiger partial charge in [0.15, 0.2) is 5.82 Å². The quantitative estimate of drug-likeness (QED) is 0.220. The van der Waals surface area contributed by atoms with Gasteiger partial charge in [0.1, 0.15) is 47.4 Å². The van der Waals surface area contributed by atoms with E-state index in [-0.39, 0.29) is 62.8 Å². The summed E-state index contributed by atoms with van der Waals surface area (Å²) in [5.41, 5.74) is -4.19. The Morgan fingerprint density at radius 3 is 2.67 bits per heavy atom. The Bertz CT molecular complexity index is 1960. The molecule has 2 aromatic heterocycles. The highest BCUT2D eigenvalue weighted by Gasteiger charge is 2.49. The fraction of sp³-hybridized carbons (Fsp3) is 0.579. The molecule has 0 amide bonds. The Kier molecular flexibility index (Phi) is 10.4. The van der Waals surface area contributed by atoms with Crippen LogP contribution in [-0.4, -0.2) is 130 Å². The van der Waals surface area contributed by atoms with E-state index in [9.17, 15) is 32.3 Å². The van der Waals surface area contributed by atoms with Crippen LogP contribution in [0.3, 0.4) is 0 Å². The highest BCUT2D eigenvalue weighted by Crippen LogP contribution is 2.42. The summed E-state index contributed by atoms with van der Waals surface area (Å²) in [6, 6.07) is 4.79. The zero-order valence-corrected chi connectivity index (χ0v) is 30.1. The van der Waals surface area contributed by atoms with Gasteiger partial charge in [0, 0.05) is 69.0 Å². The number of piperazine rings is 1. The molecule has 1 unspecified atom stereocenters. The molecule has 1 N–H and O–H groups in total. The van der Waals surface area contributed by atoms with E-state index in [2.05, 4.69) is 25.9 Å². The fourth-order valence-electron chi connectivity index (χ4n) is 9.30. The number of aromatic nitrogens is 3. The number of pyridine rings is 1. The van der Waals surface area contributed by atoms with Gasteiger partial charge in [0.05, 0.1) is 36.6 Å². The van der Waals surface area contributed by atoms with Gasteiger partial charge >= 0.3 is 12.2 Å². The lowest BCUT2D eigenvalue weighted by Gasteiger charge is -2.43. The number of alkyl halides is 4. The van der Waals surface area contributed by atoms with Crippen LogP contribution >= 0.6 is 0 Å². The summed E-state index contributed by atoms with van der Waals surface area (Å²) in [5.74, 6) is -2.64. The van der Waals surface area contributed by atoms with Gasteiger partial charge in [-0.25, -0.2) is 13.2 Å². The third kappa shape index (κ3) is 7.23. The lowest BCUT2D eigenvalue weighted by Crippen LogP contribution is -2.56. The van der Waals surface area contributed by atoms with E-state index in [1.54, 1.807) is 11.0 Å². The molecule has 0 radical (unpaired) electrons. The predicted molar refractivity (Wildman–Crippen MR) is 189 cm³/mol. The molecule has 5 aliphatic heterocycles. The molecule has 7 heterocycles. The average Bonchev–Trinajstić information content (AvgIpc) is 3.75. The molecular formula is C38H42F6N8O3. The minimum absolute atomic E-state index is 0.00928. The third-order valence-electron chi connectivity index (χ3n) is 11.9. The van der Waals surface area contributed by atoms with Gasteiger partial charge < -0.3 is 19.5 Å². The van der Waals surface area contributed by atoms with Gasteiger partial charge in [-0.05, 0) is 44.4 Å². The maximum absolute atomic E-state index is 16.6. The maximum atomic E-state index is 16.6. The van der Waals surface area contributed by atoms with Gasteiger partial charge in [0.2, 0.25) is 0 Å². The molecule has 1 aromatic carbocycles. The van der Waals surface area contributed by atoms with Crippen molar-refractivity contribution in [3.63, 3.8) is 0 Å². The van der Waals surface area contributed by atoms with Crippen LogP contribution < -0.4 is 9.64 Å². The van der Waals surface area contributed by atoms with Gasteiger partial charge in [-0.15, -0.1) is 0 Å². The summed E-state index contributed by atoms with van der Waals surface area (Å²) in [6.45, 7) is 3.75. The summed E-state index contributed by atoms with van der Waals surface area (Å²) in [5, 5.41) is 21.1. The molecule has 5 saturated heterocycles. The molecule has 2 bridgehead atoms. The molecule has 11 nitrogen and oxygen atoms in total. The number of morpholine rings is 1. The predicted octanol–water partition coefficient (Wildman–Crippen LogP) is 5.09. The van der Waals surface area contributed by atoms with E-state index in [0.29, 0.717) is 50.9 Å². The number of benzene rings is 1. The number of fused-ring (bicyclic) bond motifs is 4. The Morgan fingerprint density at radius 2 is 1.91 bits per heavy atom. The molecule has 8 rings (SSSR count). The van der Waals surface area contributed by atoms with Crippen LogP contribution in [0.1, 0.15) is 44.1 Å². The normalized spacial score (nSPS) is 28.3. The minimum Gasteiger partial charge on any atom is -0.461 e. The van der Waals surface area contributed by atoms with Crippen molar-refractivity contribution in [1.82, 2.24) is 29.7 Å². The molecule has 5 aliphatic rings. The monoisotopic (exact) mass is 772 g/mol. The lowest BCUT2D eigenvalue weighted by molar-refractivity contribution is -0.139. The van der Waals surface area contributed by atoms with Crippen LogP contribution in [-0.2, 0) is 10.9 Å². The van der Waals surface area contributed by atoms with Crippen molar-refractivity contribution in [3.8, 4) is 23.3 Å². The summed E-state index contributed by atoms with van der Waals surface area (Å²) in [6.07, 6.45) is 1.62. The van der Waals surface area contributed by atoms with E-state index in [4.69, 9.17) is 9.47 Å². The van der Waals surface area contributed by atoms with Crippen LogP contribution in [0.5, 0.6) is 6.01 Å². The van der Waals surface area contributed by atoms with Gasteiger partial charge in [-0.1, -0.05) is 18.2 Å². The fourth-order valence-corrected chi connectivity index (χ4v) is 9.30. The second-order valence-corrected chi connectivity index (χ2v) is 15.2. The Labute approximate surface area is 314 Å². The first kappa shape index (κ1) is 37.8. The van der Waals surface area contributed by atoms with E-state index >= 15 is 4.39 Å². The first-order valence-corrected chi connectivity index (χ1v) is 18.8. The molecule has 6 atom stereocenters. The topological polar surface area (TPSA) is 114 Å². The number of nitrogens with zero attached hydrogens (tertiary/aromatic N) is 8. The number of nitriles is 1. The van der Waals surface area contributed by atoms with E-state index in [1.165, 1.54) is 0 Å². The summed E-state index contributed by atoms with van der Waals surface area (Å²) in [7, 11) is 0. The first-order valence-electron chi connectivity index (χ1n) is 18.8.